The van der Waals surface area contributed by atoms with E-state index in [0.717, 1.165) is 31.2 Å². The van der Waals surface area contributed by atoms with Gasteiger partial charge in [0.1, 0.15) is 0 Å². The van der Waals surface area contributed by atoms with Crippen molar-refractivity contribution < 1.29 is 4.52 Å². The molecule has 1 aromatic heterocycles. The van der Waals surface area contributed by atoms with Crippen LogP contribution in [0, 0.1) is 0 Å². The van der Waals surface area contributed by atoms with Crippen molar-refractivity contribution in [1.82, 2.24) is 15.0 Å². The van der Waals surface area contributed by atoms with Crippen molar-refractivity contribution in [3.05, 3.63) is 11.7 Å². The quantitative estimate of drug-likeness (QED) is 0.861. The number of nitrogens with zero attached hydrogens (tertiary/aromatic N) is 3. The highest BCUT2D eigenvalue weighted by atomic mass is 16.5. The van der Waals surface area contributed by atoms with E-state index in [-0.39, 0.29) is 6.04 Å². The van der Waals surface area contributed by atoms with Crippen LogP contribution >= 0.6 is 0 Å². The Morgan fingerprint density at radius 1 is 1.53 bits per heavy atom. The molecule has 2 unspecified atom stereocenters. The molecular weight excluding hydrogens is 216 g/mol. The lowest BCUT2D eigenvalue weighted by Crippen LogP contribution is -2.33. The highest BCUT2D eigenvalue weighted by molar-refractivity contribution is 4.96. The van der Waals surface area contributed by atoms with Crippen LogP contribution in [0.1, 0.15) is 50.9 Å². The molecule has 2 atom stereocenters. The summed E-state index contributed by atoms with van der Waals surface area (Å²) in [5.41, 5.74) is 5.73. The Balaban J connectivity index is 2.07. The molecule has 17 heavy (non-hydrogen) atoms. The molecule has 2 N–H and O–H groups in total. The predicted molar refractivity (Wildman–Crippen MR) is 65.5 cm³/mol. The highest BCUT2D eigenvalue weighted by Crippen LogP contribution is 2.29. The Hall–Kier alpha value is -0.940. The third-order valence-electron chi connectivity index (χ3n) is 3.29. The lowest BCUT2D eigenvalue weighted by molar-refractivity contribution is 0.125. The number of hydrogen-bond acceptors (Lipinski definition) is 5. The third-order valence-corrected chi connectivity index (χ3v) is 3.29. The number of rotatable bonds is 4. The molecule has 1 aromatic rings. The van der Waals surface area contributed by atoms with Gasteiger partial charge in [-0.1, -0.05) is 18.5 Å². The fourth-order valence-corrected chi connectivity index (χ4v) is 2.42. The van der Waals surface area contributed by atoms with Gasteiger partial charge in [-0.05, 0) is 32.9 Å². The van der Waals surface area contributed by atoms with Gasteiger partial charge in [0.25, 0.3) is 0 Å². The maximum Gasteiger partial charge on any atom is 0.243 e. The summed E-state index contributed by atoms with van der Waals surface area (Å²) in [5.74, 6) is 1.50. The first-order chi connectivity index (χ1) is 8.20. The average molecular weight is 238 g/mol. The Morgan fingerprint density at radius 2 is 2.35 bits per heavy atom. The van der Waals surface area contributed by atoms with Crippen molar-refractivity contribution in [2.45, 2.75) is 51.6 Å². The maximum atomic E-state index is 5.73. The summed E-state index contributed by atoms with van der Waals surface area (Å²) < 4.78 is 5.38. The summed E-state index contributed by atoms with van der Waals surface area (Å²) in [6, 6.07) is 0.386. The Morgan fingerprint density at radius 3 is 3.06 bits per heavy atom. The summed E-state index contributed by atoms with van der Waals surface area (Å²) in [6.07, 6.45) is 4.31. The zero-order valence-corrected chi connectivity index (χ0v) is 10.7. The van der Waals surface area contributed by atoms with E-state index < -0.39 is 0 Å². The summed E-state index contributed by atoms with van der Waals surface area (Å²) in [7, 11) is 0. The molecule has 96 valence electrons. The summed E-state index contributed by atoms with van der Waals surface area (Å²) in [5, 5.41) is 4.01. The van der Waals surface area contributed by atoms with Gasteiger partial charge in [-0.2, -0.15) is 4.98 Å². The number of nitrogens with two attached hydrogens (primary N) is 1. The second-order valence-corrected chi connectivity index (χ2v) is 4.87. The molecular formula is C12H22N4O. The fourth-order valence-electron chi connectivity index (χ4n) is 2.42. The zero-order valence-electron chi connectivity index (χ0n) is 10.7. The molecule has 5 heteroatoms. The van der Waals surface area contributed by atoms with E-state index in [1.807, 2.05) is 6.92 Å². The molecule has 1 aliphatic heterocycles. The molecule has 0 saturated carbocycles. The van der Waals surface area contributed by atoms with E-state index in [9.17, 15) is 0 Å². The molecule has 0 spiro atoms. The van der Waals surface area contributed by atoms with Crippen LogP contribution in [0.5, 0.6) is 0 Å². The minimum atomic E-state index is 0.0779. The van der Waals surface area contributed by atoms with Crippen molar-refractivity contribution >= 4 is 0 Å². The van der Waals surface area contributed by atoms with E-state index in [2.05, 4.69) is 22.0 Å². The van der Waals surface area contributed by atoms with E-state index in [4.69, 9.17) is 10.3 Å². The first-order valence-corrected chi connectivity index (χ1v) is 6.52. The molecule has 5 nitrogen and oxygen atoms in total. The van der Waals surface area contributed by atoms with E-state index >= 15 is 0 Å². The zero-order chi connectivity index (χ0) is 12.3. The monoisotopic (exact) mass is 238 g/mol. The first kappa shape index (κ1) is 12.5. The minimum Gasteiger partial charge on any atom is -0.338 e. The van der Waals surface area contributed by atoms with E-state index in [1.165, 1.54) is 12.8 Å². The van der Waals surface area contributed by atoms with Crippen LogP contribution in [-0.4, -0.2) is 34.2 Å². The highest BCUT2D eigenvalue weighted by Gasteiger charge is 2.27. The van der Waals surface area contributed by atoms with Crippen molar-refractivity contribution in [2.24, 2.45) is 5.73 Å². The van der Waals surface area contributed by atoms with Crippen LogP contribution in [0.25, 0.3) is 0 Å². The average Bonchev–Trinajstić information content (AvgIpc) is 2.76. The predicted octanol–water partition coefficient (Wildman–Crippen LogP) is 1.51. The molecule has 0 aliphatic carbocycles. The van der Waals surface area contributed by atoms with Gasteiger partial charge in [0.15, 0.2) is 5.82 Å². The minimum absolute atomic E-state index is 0.0779. The molecule has 1 saturated heterocycles. The number of hydrogen-bond donors (Lipinski definition) is 1. The molecule has 0 bridgehead atoms. The SMILES string of the molecule is CCN1CCCCC1c1nc(CC(C)N)no1. The van der Waals surface area contributed by atoms with Crippen LogP contribution in [0.4, 0.5) is 0 Å². The fraction of sp³-hybridized carbons (Fsp3) is 0.833. The standard InChI is InChI=1S/C12H22N4O/c1-3-16-7-5-4-6-10(16)12-14-11(15-17-12)8-9(2)13/h9-10H,3-8,13H2,1-2H3. The largest absolute Gasteiger partial charge is 0.338 e. The van der Waals surface area contributed by atoms with E-state index in [1.54, 1.807) is 0 Å². The number of aromatic nitrogens is 2. The van der Waals surface area contributed by atoms with Gasteiger partial charge in [0.05, 0.1) is 6.04 Å². The van der Waals surface area contributed by atoms with Gasteiger partial charge in [-0.3, -0.25) is 4.90 Å². The number of likely N-dealkylation sites (tertiary alicyclic amines) is 1. The van der Waals surface area contributed by atoms with Crippen molar-refractivity contribution in [1.29, 1.82) is 0 Å². The summed E-state index contributed by atoms with van der Waals surface area (Å²) >= 11 is 0. The molecule has 2 rings (SSSR count). The van der Waals surface area contributed by atoms with Crippen LogP contribution in [-0.2, 0) is 6.42 Å². The first-order valence-electron chi connectivity index (χ1n) is 6.52. The molecule has 0 aromatic carbocycles. The number of piperidine rings is 1. The summed E-state index contributed by atoms with van der Waals surface area (Å²) in [6.45, 7) is 6.30. The van der Waals surface area contributed by atoms with Crippen molar-refractivity contribution in [3.8, 4) is 0 Å². The van der Waals surface area contributed by atoms with Gasteiger partial charge in [0, 0.05) is 12.5 Å². The molecule has 1 aliphatic rings. The second kappa shape index (κ2) is 5.60. The maximum absolute atomic E-state index is 5.73. The van der Waals surface area contributed by atoms with Crippen molar-refractivity contribution in [3.63, 3.8) is 0 Å². The second-order valence-electron chi connectivity index (χ2n) is 4.87. The van der Waals surface area contributed by atoms with Gasteiger partial charge >= 0.3 is 0 Å². The summed E-state index contributed by atoms with van der Waals surface area (Å²) in [4.78, 5) is 6.88. The van der Waals surface area contributed by atoms with Gasteiger partial charge in [0.2, 0.25) is 5.89 Å². The molecule has 2 heterocycles. The molecule has 0 amide bonds. The lowest BCUT2D eigenvalue weighted by atomic mass is 10.0. The van der Waals surface area contributed by atoms with Crippen LogP contribution in [0.2, 0.25) is 0 Å². The van der Waals surface area contributed by atoms with Gasteiger partial charge in [-0.15, -0.1) is 0 Å². The topological polar surface area (TPSA) is 68.2 Å². The Kier molecular flexibility index (Phi) is 4.12. The molecule has 0 radical (unpaired) electrons. The van der Waals surface area contributed by atoms with Crippen molar-refractivity contribution in [2.75, 3.05) is 13.1 Å². The van der Waals surface area contributed by atoms with Crippen LogP contribution < -0.4 is 5.73 Å². The van der Waals surface area contributed by atoms with Gasteiger partial charge < -0.3 is 10.3 Å². The van der Waals surface area contributed by atoms with Crippen LogP contribution in [0.15, 0.2) is 4.52 Å². The third kappa shape index (κ3) is 3.04. The van der Waals surface area contributed by atoms with Crippen LogP contribution in [0.3, 0.4) is 0 Å². The normalized spacial score (nSPS) is 23.8. The smallest absolute Gasteiger partial charge is 0.243 e. The molecule has 1 fully saturated rings. The lowest BCUT2D eigenvalue weighted by Gasteiger charge is -2.32. The Labute approximate surface area is 102 Å². The van der Waals surface area contributed by atoms with E-state index in [0.29, 0.717) is 12.5 Å². The van der Waals surface area contributed by atoms with Gasteiger partial charge in [-0.25, -0.2) is 0 Å². The Bertz CT molecular complexity index is 350.